The number of anilines is 1. The zero-order valence-electron chi connectivity index (χ0n) is 15.2. The second-order valence-electron chi connectivity index (χ2n) is 6.91. The number of fused-ring (bicyclic) bond motifs is 1. The Hall–Kier alpha value is -2.14. The molecule has 0 spiro atoms. The summed E-state index contributed by atoms with van der Waals surface area (Å²) in [7, 11) is 1.63. The maximum absolute atomic E-state index is 12.8. The predicted octanol–water partition coefficient (Wildman–Crippen LogP) is 4.10. The number of hydrogen-bond donors (Lipinski definition) is 2. The van der Waals surface area contributed by atoms with Crippen LogP contribution in [0.5, 0.6) is 0 Å². The molecule has 2 amide bonds. The number of carbonyl (C=O) groups is 2. The van der Waals surface area contributed by atoms with Crippen LogP contribution in [-0.2, 0) is 12.8 Å². The smallest absolute Gasteiger partial charge is 0.256 e. The zero-order chi connectivity index (χ0) is 18.1. The molecule has 0 radical (unpaired) electrons. The van der Waals surface area contributed by atoms with Gasteiger partial charge in [-0.3, -0.25) is 9.59 Å². The topological polar surface area (TPSA) is 58.2 Å². The second kappa shape index (κ2) is 7.00. The highest BCUT2D eigenvalue weighted by molar-refractivity contribution is 7.17. The first-order chi connectivity index (χ1) is 11.9. The van der Waals surface area contributed by atoms with Crippen molar-refractivity contribution in [3.8, 4) is 0 Å². The molecule has 1 aliphatic carbocycles. The minimum Gasteiger partial charge on any atom is -0.355 e. The Morgan fingerprint density at radius 3 is 2.68 bits per heavy atom. The summed E-state index contributed by atoms with van der Waals surface area (Å²) >= 11 is 1.55. The first kappa shape index (κ1) is 17.7. The van der Waals surface area contributed by atoms with E-state index in [1.807, 2.05) is 32.0 Å². The molecule has 4 nitrogen and oxygen atoms in total. The van der Waals surface area contributed by atoms with E-state index in [2.05, 4.69) is 17.6 Å². The van der Waals surface area contributed by atoms with Gasteiger partial charge in [-0.1, -0.05) is 24.6 Å². The van der Waals surface area contributed by atoms with Crippen molar-refractivity contribution < 1.29 is 9.59 Å². The standard InChI is InChI=1S/C20H24N2O2S/c1-11-5-7-13(3)15(9-11)18(23)22-20-17(19(24)21-4)14-8-6-12(2)10-16(14)25-20/h5,7,9,12H,6,8,10H2,1-4H3,(H,21,24)(H,22,23)/t12-/m0/s1. The minimum absolute atomic E-state index is 0.122. The molecule has 3 rings (SSSR count). The van der Waals surface area contributed by atoms with Gasteiger partial charge in [0.15, 0.2) is 0 Å². The van der Waals surface area contributed by atoms with Gasteiger partial charge in [-0.25, -0.2) is 0 Å². The van der Waals surface area contributed by atoms with E-state index < -0.39 is 0 Å². The summed E-state index contributed by atoms with van der Waals surface area (Å²) in [6, 6.07) is 5.83. The first-order valence-corrected chi connectivity index (χ1v) is 9.47. The van der Waals surface area contributed by atoms with Gasteiger partial charge in [-0.2, -0.15) is 0 Å². The Kier molecular flexibility index (Phi) is 4.95. The molecular formula is C20H24N2O2S. The maximum atomic E-state index is 12.8. The fraction of sp³-hybridized carbons (Fsp3) is 0.400. The van der Waals surface area contributed by atoms with Crippen LogP contribution in [-0.4, -0.2) is 18.9 Å². The van der Waals surface area contributed by atoms with Gasteiger partial charge in [-0.15, -0.1) is 11.3 Å². The Bertz CT molecular complexity index is 838. The molecule has 2 N–H and O–H groups in total. The molecule has 0 unspecified atom stereocenters. The molecule has 25 heavy (non-hydrogen) atoms. The molecule has 2 aromatic rings. The van der Waals surface area contributed by atoms with E-state index in [4.69, 9.17) is 0 Å². The molecule has 132 valence electrons. The van der Waals surface area contributed by atoms with Gasteiger partial charge < -0.3 is 10.6 Å². The lowest BCUT2D eigenvalue weighted by Gasteiger charge is -2.18. The van der Waals surface area contributed by atoms with Gasteiger partial charge >= 0.3 is 0 Å². The van der Waals surface area contributed by atoms with Crippen LogP contribution in [0.1, 0.15) is 55.6 Å². The average molecular weight is 356 g/mol. The van der Waals surface area contributed by atoms with Crippen LogP contribution in [0.2, 0.25) is 0 Å². The molecule has 0 bridgehead atoms. The lowest BCUT2D eigenvalue weighted by molar-refractivity contribution is 0.0963. The van der Waals surface area contributed by atoms with Crippen molar-refractivity contribution in [3.05, 3.63) is 50.9 Å². The molecule has 1 aliphatic rings. The lowest BCUT2D eigenvalue weighted by Crippen LogP contribution is -2.23. The van der Waals surface area contributed by atoms with Crippen LogP contribution in [0.4, 0.5) is 5.00 Å². The minimum atomic E-state index is -0.155. The summed E-state index contributed by atoms with van der Waals surface area (Å²) in [5.41, 5.74) is 4.38. The monoisotopic (exact) mass is 356 g/mol. The lowest BCUT2D eigenvalue weighted by atomic mass is 9.88. The van der Waals surface area contributed by atoms with Crippen LogP contribution < -0.4 is 10.6 Å². The third-order valence-corrected chi connectivity index (χ3v) is 6.00. The normalized spacial score (nSPS) is 16.2. The summed E-state index contributed by atoms with van der Waals surface area (Å²) in [4.78, 5) is 26.5. The number of carbonyl (C=O) groups excluding carboxylic acids is 2. The Labute approximate surface area is 152 Å². The Balaban J connectivity index is 1.98. The van der Waals surface area contributed by atoms with E-state index in [-0.39, 0.29) is 11.8 Å². The fourth-order valence-electron chi connectivity index (χ4n) is 3.35. The molecule has 0 saturated heterocycles. The zero-order valence-corrected chi connectivity index (χ0v) is 16.0. The van der Waals surface area contributed by atoms with E-state index >= 15 is 0 Å². The van der Waals surface area contributed by atoms with Crippen molar-refractivity contribution in [2.75, 3.05) is 12.4 Å². The number of rotatable bonds is 3. The highest BCUT2D eigenvalue weighted by Crippen LogP contribution is 2.39. The maximum Gasteiger partial charge on any atom is 0.256 e. The largest absolute Gasteiger partial charge is 0.355 e. The van der Waals surface area contributed by atoms with Crippen LogP contribution >= 0.6 is 11.3 Å². The molecule has 1 aromatic carbocycles. The number of nitrogens with one attached hydrogen (secondary N) is 2. The predicted molar refractivity (Wildman–Crippen MR) is 103 cm³/mol. The summed E-state index contributed by atoms with van der Waals surface area (Å²) in [6.45, 7) is 6.13. The number of benzene rings is 1. The summed E-state index contributed by atoms with van der Waals surface area (Å²) in [6.07, 6.45) is 2.95. The molecule has 5 heteroatoms. The van der Waals surface area contributed by atoms with Gasteiger partial charge in [0.25, 0.3) is 11.8 Å². The van der Waals surface area contributed by atoms with Gasteiger partial charge in [0.2, 0.25) is 0 Å². The summed E-state index contributed by atoms with van der Waals surface area (Å²) < 4.78 is 0. The second-order valence-corrected chi connectivity index (χ2v) is 8.01. The van der Waals surface area contributed by atoms with E-state index in [1.54, 1.807) is 18.4 Å². The SMILES string of the molecule is CNC(=O)c1c(NC(=O)c2cc(C)ccc2C)sc2c1CC[C@H](C)C2. The highest BCUT2D eigenvalue weighted by atomic mass is 32.1. The van der Waals surface area contributed by atoms with E-state index in [9.17, 15) is 9.59 Å². The Morgan fingerprint density at radius 1 is 1.20 bits per heavy atom. The van der Waals surface area contributed by atoms with Crippen molar-refractivity contribution >= 4 is 28.2 Å². The van der Waals surface area contributed by atoms with Gasteiger partial charge in [-0.05, 0) is 56.2 Å². The van der Waals surface area contributed by atoms with Crippen LogP contribution in [0.25, 0.3) is 0 Å². The summed E-state index contributed by atoms with van der Waals surface area (Å²) in [5, 5.41) is 6.39. The third-order valence-electron chi connectivity index (χ3n) is 4.83. The molecule has 0 aliphatic heterocycles. The Morgan fingerprint density at radius 2 is 1.96 bits per heavy atom. The number of amides is 2. The van der Waals surface area contributed by atoms with E-state index in [0.717, 1.165) is 36.0 Å². The fourth-order valence-corrected chi connectivity index (χ4v) is 4.76. The van der Waals surface area contributed by atoms with Gasteiger partial charge in [0.1, 0.15) is 5.00 Å². The molecular weight excluding hydrogens is 332 g/mol. The average Bonchev–Trinajstić information content (AvgIpc) is 2.93. The van der Waals surface area contributed by atoms with Crippen molar-refractivity contribution in [2.24, 2.45) is 5.92 Å². The highest BCUT2D eigenvalue weighted by Gasteiger charge is 2.28. The number of thiophene rings is 1. The number of aryl methyl sites for hydroxylation is 2. The molecule has 0 fully saturated rings. The third kappa shape index (κ3) is 3.47. The van der Waals surface area contributed by atoms with Crippen LogP contribution in [0.3, 0.4) is 0 Å². The number of hydrogen-bond acceptors (Lipinski definition) is 3. The molecule has 1 aromatic heterocycles. The van der Waals surface area contributed by atoms with Crippen molar-refractivity contribution in [3.63, 3.8) is 0 Å². The quantitative estimate of drug-likeness (QED) is 0.870. The summed E-state index contributed by atoms with van der Waals surface area (Å²) in [5.74, 6) is 0.340. The van der Waals surface area contributed by atoms with Gasteiger partial charge in [0, 0.05) is 17.5 Å². The van der Waals surface area contributed by atoms with Crippen molar-refractivity contribution in [1.29, 1.82) is 0 Å². The van der Waals surface area contributed by atoms with Gasteiger partial charge in [0.05, 0.1) is 5.56 Å². The first-order valence-electron chi connectivity index (χ1n) is 8.66. The molecule has 1 heterocycles. The van der Waals surface area contributed by atoms with Crippen LogP contribution in [0.15, 0.2) is 18.2 Å². The van der Waals surface area contributed by atoms with E-state index in [0.29, 0.717) is 22.0 Å². The molecule has 1 atom stereocenters. The van der Waals surface area contributed by atoms with Crippen molar-refractivity contribution in [2.45, 2.75) is 40.0 Å². The van der Waals surface area contributed by atoms with Crippen LogP contribution in [0, 0.1) is 19.8 Å². The van der Waals surface area contributed by atoms with Crippen molar-refractivity contribution in [1.82, 2.24) is 5.32 Å². The van der Waals surface area contributed by atoms with E-state index in [1.165, 1.54) is 4.88 Å². The molecule has 0 saturated carbocycles.